The largest absolute Gasteiger partial charge is 0.305 e. The molecule has 0 aromatic carbocycles. The van der Waals surface area contributed by atoms with Gasteiger partial charge in [0.05, 0.1) is 0 Å². The molecule has 8 heavy (non-hydrogen) atoms. The van der Waals surface area contributed by atoms with Crippen molar-refractivity contribution in [2.45, 2.75) is 0 Å². The molecular formula is C4H4N2OS. The van der Waals surface area contributed by atoms with Crippen molar-refractivity contribution in [1.82, 2.24) is 4.98 Å². The van der Waals surface area contributed by atoms with Crippen LogP contribution in [0.1, 0.15) is 0 Å². The number of carbonyl (C=O) groups is 1. The zero-order valence-corrected chi connectivity index (χ0v) is 4.81. The minimum absolute atomic E-state index is 0.610. The lowest BCUT2D eigenvalue weighted by Crippen LogP contribution is -1.90. The van der Waals surface area contributed by atoms with E-state index < -0.39 is 0 Å². The van der Waals surface area contributed by atoms with E-state index in [1.807, 2.05) is 0 Å². The van der Waals surface area contributed by atoms with Crippen LogP contribution in [0.15, 0.2) is 11.6 Å². The van der Waals surface area contributed by atoms with Gasteiger partial charge in [0.25, 0.3) is 0 Å². The summed E-state index contributed by atoms with van der Waals surface area (Å²) in [6, 6.07) is 0. The van der Waals surface area contributed by atoms with Crippen LogP contribution in [0.4, 0.5) is 5.13 Å². The predicted octanol–water partition coefficient (Wildman–Crippen LogP) is 0.711. The molecule has 1 N–H and O–H groups in total. The van der Waals surface area contributed by atoms with Gasteiger partial charge in [-0.2, -0.15) is 0 Å². The van der Waals surface area contributed by atoms with Crippen molar-refractivity contribution in [2.24, 2.45) is 0 Å². The Morgan fingerprint density at radius 1 is 1.88 bits per heavy atom. The third kappa shape index (κ3) is 1.04. The van der Waals surface area contributed by atoms with Crippen molar-refractivity contribution in [3.63, 3.8) is 0 Å². The first-order chi connectivity index (χ1) is 3.93. The van der Waals surface area contributed by atoms with Gasteiger partial charge >= 0.3 is 0 Å². The summed E-state index contributed by atoms with van der Waals surface area (Å²) in [6.45, 7) is 0. The second kappa shape index (κ2) is 2.42. The molecule has 4 heteroatoms. The average molecular weight is 128 g/mol. The standard InChI is InChI=1S/C4H4N2OS/c7-3-6-4-5-1-2-8-4/h1-3H,(H,5,6,7). The van der Waals surface area contributed by atoms with Crippen LogP contribution in [0, 0.1) is 0 Å². The van der Waals surface area contributed by atoms with Gasteiger partial charge in [0.2, 0.25) is 6.41 Å². The van der Waals surface area contributed by atoms with Gasteiger partial charge in [-0.05, 0) is 0 Å². The van der Waals surface area contributed by atoms with E-state index >= 15 is 0 Å². The summed E-state index contributed by atoms with van der Waals surface area (Å²) in [4.78, 5) is 13.5. The van der Waals surface area contributed by atoms with Crippen LogP contribution in [0.3, 0.4) is 0 Å². The Bertz CT molecular complexity index is 161. The second-order valence-corrected chi connectivity index (χ2v) is 1.99. The molecule has 1 aromatic rings. The summed E-state index contributed by atoms with van der Waals surface area (Å²) in [7, 11) is 0. The maximum Gasteiger partial charge on any atom is 0.213 e. The van der Waals surface area contributed by atoms with Gasteiger partial charge in [-0.3, -0.25) is 4.79 Å². The molecule has 0 saturated heterocycles. The van der Waals surface area contributed by atoms with E-state index in [9.17, 15) is 4.79 Å². The molecule has 42 valence electrons. The zero-order valence-electron chi connectivity index (χ0n) is 4.00. The maximum absolute atomic E-state index is 9.73. The summed E-state index contributed by atoms with van der Waals surface area (Å²) in [5.41, 5.74) is 0. The number of carbonyl (C=O) groups excluding carboxylic acids is 1. The number of nitrogens with one attached hydrogen (secondary N) is 1. The number of nitrogens with zero attached hydrogens (tertiary/aromatic N) is 1. The number of hydrogen-bond acceptors (Lipinski definition) is 3. The van der Waals surface area contributed by atoms with Gasteiger partial charge in [0.1, 0.15) is 0 Å². The van der Waals surface area contributed by atoms with Crippen molar-refractivity contribution in [3.05, 3.63) is 11.6 Å². The highest BCUT2D eigenvalue weighted by Gasteiger charge is 1.86. The average Bonchev–Trinajstić information content (AvgIpc) is 2.19. The van der Waals surface area contributed by atoms with Gasteiger partial charge in [-0.25, -0.2) is 4.98 Å². The molecule has 0 spiro atoms. The molecular weight excluding hydrogens is 124 g/mol. The Morgan fingerprint density at radius 2 is 2.75 bits per heavy atom. The van der Waals surface area contributed by atoms with E-state index in [2.05, 4.69) is 10.3 Å². The highest BCUT2D eigenvalue weighted by atomic mass is 32.1. The first-order valence-electron chi connectivity index (χ1n) is 2.03. The van der Waals surface area contributed by atoms with E-state index in [0.717, 1.165) is 0 Å². The lowest BCUT2D eigenvalue weighted by Gasteiger charge is -1.82. The van der Waals surface area contributed by atoms with Gasteiger partial charge in [-0.1, -0.05) is 0 Å². The van der Waals surface area contributed by atoms with Crippen LogP contribution in [0.2, 0.25) is 0 Å². The molecule has 0 bridgehead atoms. The first kappa shape index (κ1) is 5.24. The summed E-state index contributed by atoms with van der Waals surface area (Å²) >= 11 is 1.39. The fourth-order valence-electron chi connectivity index (χ4n) is 0.345. The normalized spacial score (nSPS) is 8.50. The molecule has 3 nitrogen and oxygen atoms in total. The molecule has 1 amide bonds. The fraction of sp³-hybridized carbons (Fsp3) is 0. The monoisotopic (exact) mass is 128 g/mol. The molecule has 0 aliphatic rings. The molecule has 0 aliphatic heterocycles. The number of aromatic nitrogens is 1. The lowest BCUT2D eigenvalue weighted by molar-refractivity contribution is -0.105. The Morgan fingerprint density at radius 3 is 3.25 bits per heavy atom. The van der Waals surface area contributed by atoms with Crippen molar-refractivity contribution in [3.8, 4) is 0 Å². The number of thiazole rings is 1. The molecule has 1 rings (SSSR count). The Balaban J connectivity index is 2.62. The predicted molar refractivity (Wildman–Crippen MR) is 31.8 cm³/mol. The summed E-state index contributed by atoms with van der Waals surface area (Å²) < 4.78 is 0. The van der Waals surface area contributed by atoms with Crippen LogP contribution in [0.5, 0.6) is 0 Å². The van der Waals surface area contributed by atoms with Crippen LogP contribution in [-0.2, 0) is 4.79 Å². The first-order valence-corrected chi connectivity index (χ1v) is 2.91. The zero-order chi connectivity index (χ0) is 5.82. The Labute approximate surface area is 50.4 Å². The number of anilines is 1. The molecule has 0 saturated carbocycles. The molecule has 0 atom stereocenters. The minimum Gasteiger partial charge on any atom is -0.305 e. The highest BCUT2D eigenvalue weighted by Crippen LogP contribution is 2.07. The quantitative estimate of drug-likeness (QED) is 0.596. The van der Waals surface area contributed by atoms with Gasteiger partial charge in [-0.15, -0.1) is 11.3 Å². The smallest absolute Gasteiger partial charge is 0.213 e. The summed E-state index contributed by atoms with van der Waals surface area (Å²) in [6.07, 6.45) is 2.25. The second-order valence-electron chi connectivity index (χ2n) is 1.10. The van der Waals surface area contributed by atoms with Gasteiger partial charge in [0, 0.05) is 11.6 Å². The molecule has 0 unspecified atom stereocenters. The van der Waals surface area contributed by atoms with E-state index in [4.69, 9.17) is 0 Å². The van der Waals surface area contributed by atoms with Gasteiger partial charge < -0.3 is 5.32 Å². The minimum atomic E-state index is 0.610. The Hall–Kier alpha value is -0.900. The molecule has 0 radical (unpaired) electrons. The Kier molecular flexibility index (Phi) is 1.58. The van der Waals surface area contributed by atoms with Gasteiger partial charge in [0.15, 0.2) is 5.13 Å². The molecule has 1 heterocycles. The summed E-state index contributed by atoms with van der Waals surface area (Å²) in [5, 5.41) is 4.85. The van der Waals surface area contributed by atoms with Crippen LogP contribution < -0.4 is 5.32 Å². The van der Waals surface area contributed by atoms with E-state index in [0.29, 0.717) is 11.5 Å². The fourth-order valence-corrected chi connectivity index (χ4v) is 0.834. The van der Waals surface area contributed by atoms with E-state index in [1.54, 1.807) is 11.6 Å². The number of hydrogen-bond donors (Lipinski definition) is 1. The van der Waals surface area contributed by atoms with Crippen molar-refractivity contribution >= 4 is 22.9 Å². The van der Waals surface area contributed by atoms with Crippen molar-refractivity contribution < 1.29 is 4.79 Å². The van der Waals surface area contributed by atoms with Crippen LogP contribution in [0.25, 0.3) is 0 Å². The number of amides is 1. The van der Waals surface area contributed by atoms with Crippen molar-refractivity contribution in [2.75, 3.05) is 5.32 Å². The SMILES string of the molecule is O=CNc1nccs1. The molecule has 1 aromatic heterocycles. The van der Waals surface area contributed by atoms with Crippen LogP contribution >= 0.6 is 11.3 Å². The lowest BCUT2D eigenvalue weighted by atomic mass is 11.0. The maximum atomic E-state index is 9.73. The molecule has 0 fully saturated rings. The summed E-state index contributed by atoms with van der Waals surface area (Å²) in [5.74, 6) is 0. The molecule has 0 aliphatic carbocycles. The number of rotatable bonds is 2. The van der Waals surface area contributed by atoms with Crippen LogP contribution in [-0.4, -0.2) is 11.4 Å². The van der Waals surface area contributed by atoms with E-state index in [1.165, 1.54) is 11.3 Å². The topological polar surface area (TPSA) is 42.0 Å². The highest BCUT2D eigenvalue weighted by molar-refractivity contribution is 7.13. The third-order valence-corrected chi connectivity index (χ3v) is 1.32. The van der Waals surface area contributed by atoms with E-state index in [-0.39, 0.29) is 0 Å². The third-order valence-electron chi connectivity index (χ3n) is 0.615. The van der Waals surface area contributed by atoms with Crippen molar-refractivity contribution in [1.29, 1.82) is 0 Å².